The van der Waals surface area contributed by atoms with E-state index in [9.17, 15) is 14.7 Å². The molecule has 1 atom stereocenters. The molecule has 1 aliphatic heterocycles. The second-order valence-corrected chi connectivity index (χ2v) is 8.83. The molecule has 1 N–H and O–H groups in total. The maximum Gasteiger partial charge on any atom is 0.301 e. The molecule has 2 aromatic carbocycles. The Morgan fingerprint density at radius 1 is 0.971 bits per heavy atom. The van der Waals surface area contributed by atoms with E-state index in [1.54, 1.807) is 42.5 Å². The van der Waals surface area contributed by atoms with E-state index in [4.69, 9.17) is 14.2 Å². The highest BCUT2D eigenvalue weighted by atomic mass is 32.1. The first-order chi connectivity index (χ1) is 16.3. The van der Waals surface area contributed by atoms with Crippen LogP contribution in [0.25, 0.3) is 5.76 Å². The van der Waals surface area contributed by atoms with Crippen LogP contribution in [-0.2, 0) is 9.59 Å². The average molecular weight is 481 g/mol. The van der Waals surface area contributed by atoms with Gasteiger partial charge in [0.15, 0.2) is 16.6 Å². The fourth-order valence-corrected chi connectivity index (χ4v) is 4.77. The zero-order valence-corrected chi connectivity index (χ0v) is 20.2. The molecule has 8 nitrogen and oxygen atoms in total. The molecule has 176 valence electrons. The van der Waals surface area contributed by atoms with Gasteiger partial charge in [-0.05, 0) is 55.8 Å². The number of carbonyl (C=O) groups is 2. The summed E-state index contributed by atoms with van der Waals surface area (Å²) < 4.78 is 16.0. The smallest absolute Gasteiger partial charge is 0.301 e. The minimum atomic E-state index is -0.910. The molecule has 1 fully saturated rings. The SMILES string of the molecule is COc1ccc(/C(O)=C2\C(=O)C(=O)N(c3nc(C)c(C)s3)C2c2ccc(OC)c(OC)c2)cc1. The fourth-order valence-electron chi connectivity index (χ4n) is 3.83. The van der Waals surface area contributed by atoms with Crippen LogP contribution in [0.3, 0.4) is 0 Å². The van der Waals surface area contributed by atoms with E-state index in [1.807, 2.05) is 13.8 Å². The van der Waals surface area contributed by atoms with Gasteiger partial charge in [0.1, 0.15) is 11.5 Å². The van der Waals surface area contributed by atoms with Crippen molar-refractivity contribution in [2.45, 2.75) is 19.9 Å². The Morgan fingerprint density at radius 3 is 2.21 bits per heavy atom. The number of rotatable bonds is 6. The predicted octanol–water partition coefficient (Wildman–Crippen LogP) is 4.41. The van der Waals surface area contributed by atoms with Gasteiger partial charge < -0.3 is 19.3 Å². The molecule has 1 unspecified atom stereocenters. The molecule has 1 saturated heterocycles. The monoisotopic (exact) mass is 480 g/mol. The topological polar surface area (TPSA) is 98.2 Å². The normalized spacial score (nSPS) is 17.2. The van der Waals surface area contributed by atoms with Gasteiger partial charge in [-0.25, -0.2) is 4.98 Å². The summed E-state index contributed by atoms with van der Waals surface area (Å²) >= 11 is 1.31. The van der Waals surface area contributed by atoms with Gasteiger partial charge in [0.25, 0.3) is 5.78 Å². The maximum absolute atomic E-state index is 13.3. The fraction of sp³-hybridized carbons (Fsp3) is 0.240. The number of Topliss-reactive ketones (excluding diaryl/α,β-unsaturated/α-hetero) is 1. The van der Waals surface area contributed by atoms with Crippen molar-refractivity contribution in [3.8, 4) is 17.2 Å². The summed E-state index contributed by atoms with van der Waals surface area (Å²) in [5, 5.41) is 11.6. The lowest BCUT2D eigenvalue weighted by molar-refractivity contribution is -0.132. The number of amides is 1. The van der Waals surface area contributed by atoms with Crippen LogP contribution in [0.2, 0.25) is 0 Å². The Morgan fingerprint density at radius 2 is 1.65 bits per heavy atom. The van der Waals surface area contributed by atoms with Crippen molar-refractivity contribution in [3.05, 3.63) is 69.7 Å². The number of ketones is 1. The summed E-state index contributed by atoms with van der Waals surface area (Å²) in [5.41, 5.74) is 1.68. The van der Waals surface area contributed by atoms with Gasteiger partial charge in [-0.15, -0.1) is 11.3 Å². The number of carbonyl (C=O) groups excluding carboxylic acids is 2. The van der Waals surface area contributed by atoms with Gasteiger partial charge in [0, 0.05) is 10.4 Å². The number of nitrogens with zero attached hydrogens (tertiary/aromatic N) is 2. The van der Waals surface area contributed by atoms with Crippen LogP contribution < -0.4 is 19.1 Å². The first kappa shape index (κ1) is 23.3. The number of hydrogen-bond donors (Lipinski definition) is 1. The van der Waals surface area contributed by atoms with Crippen LogP contribution in [-0.4, -0.2) is 43.1 Å². The van der Waals surface area contributed by atoms with Gasteiger partial charge in [-0.2, -0.15) is 0 Å². The zero-order chi connectivity index (χ0) is 24.6. The molecule has 0 radical (unpaired) electrons. The van der Waals surface area contributed by atoms with E-state index in [-0.39, 0.29) is 11.3 Å². The predicted molar refractivity (Wildman–Crippen MR) is 129 cm³/mol. The Labute approximate surface area is 201 Å². The molecule has 0 spiro atoms. The number of methoxy groups -OCH3 is 3. The van der Waals surface area contributed by atoms with Crippen molar-refractivity contribution in [2.75, 3.05) is 26.2 Å². The molecule has 3 aromatic rings. The Kier molecular flexibility index (Phi) is 6.30. The number of aromatic nitrogens is 1. The summed E-state index contributed by atoms with van der Waals surface area (Å²) in [7, 11) is 4.56. The maximum atomic E-state index is 13.3. The lowest BCUT2D eigenvalue weighted by atomic mass is 9.95. The van der Waals surface area contributed by atoms with Crippen LogP contribution in [0, 0.1) is 13.8 Å². The summed E-state index contributed by atoms with van der Waals surface area (Å²) in [4.78, 5) is 33.3. The summed E-state index contributed by atoms with van der Waals surface area (Å²) in [6.45, 7) is 3.74. The van der Waals surface area contributed by atoms with Crippen molar-refractivity contribution < 1.29 is 28.9 Å². The van der Waals surface area contributed by atoms with E-state index < -0.39 is 17.7 Å². The number of anilines is 1. The second-order valence-electron chi connectivity index (χ2n) is 7.65. The van der Waals surface area contributed by atoms with Gasteiger partial charge in [-0.1, -0.05) is 6.07 Å². The number of aliphatic hydroxyl groups excluding tert-OH is 1. The highest BCUT2D eigenvalue weighted by Gasteiger charge is 2.48. The van der Waals surface area contributed by atoms with Crippen LogP contribution in [0.1, 0.15) is 27.7 Å². The molecule has 9 heteroatoms. The van der Waals surface area contributed by atoms with Crippen molar-refractivity contribution in [3.63, 3.8) is 0 Å². The first-order valence-electron chi connectivity index (χ1n) is 10.4. The third kappa shape index (κ3) is 3.88. The highest BCUT2D eigenvalue weighted by Crippen LogP contribution is 2.45. The van der Waals surface area contributed by atoms with E-state index >= 15 is 0 Å². The molecule has 2 heterocycles. The number of hydrogen-bond acceptors (Lipinski definition) is 8. The molecular formula is C25H24N2O6S. The average Bonchev–Trinajstić information content (AvgIpc) is 3.32. The minimum Gasteiger partial charge on any atom is -0.507 e. The Hall–Kier alpha value is -3.85. The number of aliphatic hydroxyl groups is 1. The highest BCUT2D eigenvalue weighted by molar-refractivity contribution is 7.16. The van der Waals surface area contributed by atoms with E-state index in [0.29, 0.717) is 33.5 Å². The molecule has 0 bridgehead atoms. The van der Waals surface area contributed by atoms with Crippen molar-refractivity contribution in [1.29, 1.82) is 0 Å². The van der Waals surface area contributed by atoms with Gasteiger partial charge >= 0.3 is 5.91 Å². The third-order valence-corrected chi connectivity index (χ3v) is 6.83. The molecule has 1 aromatic heterocycles. The van der Waals surface area contributed by atoms with Crippen LogP contribution in [0.5, 0.6) is 17.2 Å². The number of thiazole rings is 1. The minimum absolute atomic E-state index is 0.0344. The molecule has 0 saturated carbocycles. The lowest BCUT2D eigenvalue weighted by Crippen LogP contribution is -2.29. The van der Waals surface area contributed by atoms with Crippen LogP contribution in [0.4, 0.5) is 5.13 Å². The number of benzene rings is 2. The molecule has 34 heavy (non-hydrogen) atoms. The van der Waals surface area contributed by atoms with Gasteiger partial charge in [-0.3, -0.25) is 14.5 Å². The third-order valence-electron chi connectivity index (χ3n) is 5.75. The van der Waals surface area contributed by atoms with Gasteiger partial charge in [0.05, 0.1) is 38.6 Å². The van der Waals surface area contributed by atoms with E-state index in [0.717, 1.165) is 10.6 Å². The van der Waals surface area contributed by atoms with Gasteiger partial charge in [0.2, 0.25) is 0 Å². The number of ether oxygens (including phenoxy) is 3. The zero-order valence-electron chi connectivity index (χ0n) is 19.4. The largest absolute Gasteiger partial charge is 0.507 e. The first-order valence-corrected chi connectivity index (χ1v) is 11.2. The van der Waals surface area contributed by atoms with Crippen LogP contribution in [0.15, 0.2) is 48.0 Å². The molecule has 0 aliphatic carbocycles. The standard InChI is InChI=1S/C25H24N2O6S/c1-13-14(2)34-25(26-13)27-21(16-8-11-18(32-4)19(12-16)33-5)20(23(29)24(27)30)22(28)15-6-9-17(31-3)10-7-15/h6-12,21,28H,1-5H3/b22-20+. The lowest BCUT2D eigenvalue weighted by Gasteiger charge is -2.23. The summed E-state index contributed by atoms with van der Waals surface area (Å²) in [6.07, 6.45) is 0. The Bertz CT molecular complexity index is 1280. The van der Waals surface area contributed by atoms with E-state index in [2.05, 4.69) is 4.98 Å². The number of aryl methyl sites for hydroxylation is 2. The van der Waals surface area contributed by atoms with Crippen molar-refractivity contribution in [1.82, 2.24) is 4.98 Å². The van der Waals surface area contributed by atoms with Crippen LogP contribution >= 0.6 is 11.3 Å². The van der Waals surface area contributed by atoms with Crippen molar-refractivity contribution >= 4 is 33.9 Å². The Balaban J connectivity index is 1.95. The second kappa shape index (κ2) is 9.18. The summed E-state index contributed by atoms with van der Waals surface area (Å²) in [5.74, 6) is -0.307. The molecule has 1 aliphatic rings. The molecular weight excluding hydrogens is 456 g/mol. The molecule has 4 rings (SSSR count). The molecule has 1 amide bonds. The quantitative estimate of drug-likeness (QED) is 0.317. The van der Waals surface area contributed by atoms with E-state index in [1.165, 1.54) is 37.6 Å². The van der Waals surface area contributed by atoms with Crippen molar-refractivity contribution in [2.24, 2.45) is 0 Å². The summed E-state index contributed by atoms with van der Waals surface area (Å²) in [6, 6.07) is 10.8.